The van der Waals surface area contributed by atoms with E-state index in [1.165, 1.54) is 4.90 Å². The van der Waals surface area contributed by atoms with Crippen LogP contribution < -0.4 is 5.32 Å². The van der Waals surface area contributed by atoms with Crippen LogP contribution in [0.3, 0.4) is 0 Å². The molecule has 0 amide bonds. The number of halogens is 1. The van der Waals surface area contributed by atoms with Crippen molar-refractivity contribution in [1.82, 2.24) is 5.32 Å². The van der Waals surface area contributed by atoms with E-state index < -0.39 is 0 Å². The zero-order valence-electron chi connectivity index (χ0n) is 12.2. The molecule has 1 rings (SSSR count). The van der Waals surface area contributed by atoms with Crippen molar-refractivity contribution in [2.75, 3.05) is 12.4 Å². The summed E-state index contributed by atoms with van der Waals surface area (Å²) >= 11 is 8.06. The Morgan fingerprint density at radius 3 is 2.63 bits per heavy atom. The highest BCUT2D eigenvalue weighted by atomic mass is 35.5. The Hall–Kier alpha value is -0.220. The lowest BCUT2D eigenvalue weighted by Crippen LogP contribution is -2.35. The number of thioether (sulfide) groups is 1. The molecule has 0 heterocycles. The fraction of sp³-hybridized carbons (Fsp3) is 0.600. The number of aliphatic hydroxyl groups excluding tert-OH is 1. The number of nitrogens with one attached hydrogen (secondary N) is 1. The minimum atomic E-state index is 0.0689. The second kappa shape index (κ2) is 7.53. The Bertz CT molecular complexity index is 404. The van der Waals surface area contributed by atoms with Gasteiger partial charge in [0.15, 0.2) is 0 Å². The molecule has 4 heteroatoms. The van der Waals surface area contributed by atoms with Crippen LogP contribution in [-0.4, -0.2) is 23.0 Å². The van der Waals surface area contributed by atoms with Crippen LogP contribution >= 0.6 is 23.4 Å². The first-order valence-corrected chi connectivity index (χ1v) is 7.96. The van der Waals surface area contributed by atoms with E-state index in [0.29, 0.717) is 5.92 Å². The molecular weight excluding hydrogens is 278 g/mol. The van der Waals surface area contributed by atoms with Crippen LogP contribution in [0.25, 0.3) is 0 Å². The van der Waals surface area contributed by atoms with E-state index in [1.807, 2.05) is 19.1 Å². The summed E-state index contributed by atoms with van der Waals surface area (Å²) in [5.41, 5.74) is 1.22. The predicted octanol–water partition coefficient (Wildman–Crippen LogP) is 3.95. The molecule has 0 aliphatic heterocycles. The molecule has 2 nitrogen and oxygen atoms in total. The Balaban J connectivity index is 2.77. The average molecular weight is 302 g/mol. The summed E-state index contributed by atoms with van der Waals surface area (Å²) < 4.78 is 0. The summed E-state index contributed by atoms with van der Waals surface area (Å²) in [4.78, 5) is 1.20. The molecule has 108 valence electrons. The third kappa shape index (κ3) is 6.17. The van der Waals surface area contributed by atoms with E-state index in [0.717, 1.165) is 22.9 Å². The van der Waals surface area contributed by atoms with Crippen molar-refractivity contribution in [3.8, 4) is 0 Å². The lowest BCUT2D eigenvalue weighted by molar-refractivity contribution is 0.250. The Morgan fingerprint density at radius 2 is 2.05 bits per heavy atom. The third-order valence-corrected chi connectivity index (χ3v) is 4.49. The van der Waals surface area contributed by atoms with Crippen LogP contribution in [0, 0.1) is 5.92 Å². The molecule has 1 aromatic rings. The highest BCUT2D eigenvalue weighted by molar-refractivity contribution is 7.99. The highest BCUT2D eigenvalue weighted by Gasteiger charge is 2.13. The predicted molar refractivity (Wildman–Crippen MR) is 85.0 cm³/mol. The molecule has 2 N–H and O–H groups in total. The standard InChI is InChI=1S/C15H24ClNOS/c1-11(9-18)10-19-14-7-5-6-13(16)12(14)8-17-15(2,3)4/h5-7,11,17-18H,8-10H2,1-4H3. The van der Waals surface area contributed by atoms with Gasteiger partial charge in [0.2, 0.25) is 0 Å². The Morgan fingerprint density at radius 1 is 1.37 bits per heavy atom. The molecule has 0 aliphatic carbocycles. The maximum atomic E-state index is 9.09. The monoisotopic (exact) mass is 301 g/mol. The Labute approximate surface area is 125 Å². The summed E-state index contributed by atoms with van der Waals surface area (Å²) in [7, 11) is 0. The molecule has 0 radical (unpaired) electrons. The lowest BCUT2D eigenvalue weighted by Gasteiger charge is -2.22. The van der Waals surface area contributed by atoms with Crippen molar-refractivity contribution in [1.29, 1.82) is 0 Å². The zero-order valence-corrected chi connectivity index (χ0v) is 13.7. The summed E-state index contributed by atoms with van der Waals surface area (Å²) in [6.45, 7) is 9.46. The smallest absolute Gasteiger partial charge is 0.0464 e. The van der Waals surface area contributed by atoms with Gasteiger partial charge < -0.3 is 10.4 Å². The number of hydrogen-bond acceptors (Lipinski definition) is 3. The first kappa shape index (κ1) is 16.8. The summed E-state index contributed by atoms with van der Waals surface area (Å²) in [6.07, 6.45) is 0. The quantitative estimate of drug-likeness (QED) is 0.780. The minimum Gasteiger partial charge on any atom is -0.396 e. The molecule has 19 heavy (non-hydrogen) atoms. The van der Waals surface area contributed by atoms with Crippen LogP contribution in [-0.2, 0) is 6.54 Å². The first-order chi connectivity index (χ1) is 8.83. The van der Waals surface area contributed by atoms with Gasteiger partial charge in [0, 0.05) is 34.4 Å². The minimum absolute atomic E-state index is 0.0689. The Kier molecular flexibility index (Phi) is 6.67. The second-order valence-corrected chi connectivity index (χ2v) is 7.39. The van der Waals surface area contributed by atoms with Gasteiger partial charge in [-0.15, -0.1) is 11.8 Å². The molecular formula is C15H24ClNOS. The normalized spacial score (nSPS) is 13.6. The van der Waals surface area contributed by atoms with Gasteiger partial charge in [-0.3, -0.25) is 0 Å². The molecule has 0 spiro atoms. The molecule has 1 aromatic carbocycles. The van der Waals surface area contributed by atoms with Crippen molar-refractivity contribution in [3.05, 3.63) is 28.8 Å². The van der Waals surface area contributed by atoms with Crippen LogP contribution in [0.15, 0.2) is 23.1 Å². The van der Waals surface area contributed by atoms with Crippen LogP contribution in [0.1, 0.15) is 33.3 Å². The molecule has 0 aliphatic rings. The van der Waals surface area contributed by atoms with Gasteiger partial charge >= 0.3 is 0 Å². The van der Waals surface area contributed by atoms with Gasteiger partial charge in [-0.2, -0.15) is 0 Å². The lowest BCUT2D eigenvalue weighted by atomic mass is 10.1. The number of benzene rings is 1. The van der Waals surface area contributed by atoms with Crippen molar-refractivity contribution in [2.45, 2.75) is 44.7 Å². The van der Waals surface area contributed by atoms with Crippen LogP contribution in [0.5, 0.6) is 0 Å². The third-order valence-electron chi connectivity index (χ3n) is 2.71. The first-order valence-electron chi connectivity index (χ1n) is 6.59. The molecule has 1 atom stereocenters. The maximum Gasteiger partial charge on any atom is 0.0464 e. The number of hydrogen-bond donors (Lipinski definition) is 2. The van der Waals surface area contributed by atoms with E-state index in [1.54, 1.807) is 11.8 Å². The van der Waals surface area contributed by atoms with Crippen LogP contribution in [0.4, 0.5) is 0 Å². The fourth-order valence-electron chi connectivity index (χ4n) is 1.48. The van der Waals surface area contributed by atoms with Gasteiger partial charge in [0.05, 0.1) is 0 Å². The van der Waals surface area contributed by atoms with Gasteiger partial charge in [0.25, 0.3) is 0 Å². The van der Waals surface area contributed by atoms with Gasteiger partial charge in [-0.1, -0.05) is 24.6 Å². The number of aliphatic hydroxyl groups is 1. The van der Waals surface area contributed by atoms with E-state index in [9.17, 15) is 0 Å². The van der Waals surface area contributed by atoms with Crippen molar-refractivity contribution in [3.63, 3.8) is 0 Å². The maximum absolute atomic E-state index is 9.09. The molecule has 0 saturated heterocycles. The van der Waals surface area contributed by atoms with Crippen LogP contribution in [0.2, 0.25) is 5.02 Å². The average Bonchev–Trinajstić information content (AvgIpc) is 2.33. The highest BCUT2D eigenvalue weighted by Crippen LogP contribution is 2.30. The largest absolute Gasteiger partial charge is 0.396 e. The molecule has 1 unspecified atom stereocenters. The van der Waals surface area contributed by atoms with Gasteiger partial charge in [-0.25, -0.2) is 0 Å². The fourth-order valence-corrected chi connectivity index (χ4v) is 2.88. The summed E-state index contributed by atoms with van der Waals surface area (Å²) in [6, 6.07) is 6.01. The van der Waals surface area contributed by atoms with E-state index in [-0.39, 0.29) is 12.1 Å². The summed E-state index contributed by atoms with van der Waals surface area (Å²) in [5, 5.41) is 13.4. The van der Waals surface area contributed by atoms with Gasteiger partial charge in [-0.05, 0) is 44.4 Å². The van der Waals surface area contributed by atoms with E-state index in [4.69, 9.17) is 16.7 Å². The number of rotatable bonds is 6. The van der Waals surface area contributed by atoms with Crippen molar-refractivity contribution >= 4 is 23.4 Å². The van der Waals surface area contributed by atoms with Crippen molar-refractivity contribution in [2.24, 2.45) is 5.92 Å². The summed E-state index contributed by atoms with van der Waals surface area (Å²) in [5.74, 6) is 1.20. The van der Waals surface area contributed by atoms with Gasteiger partial charge in [0.1, 0.15) is 0 Å². The molecule has 0 aromatic heterocycles. The van der Waals surface area contributed by atoms with E-state index >= 15 is 0 Å². The SMILES string of the molecule is CC(CO)CSc1cccc(Cl)c1CNC(C)(C)C. The second-order valence-electron chi connectivity index (χ2n) is 5.92. The zero-order chi connectivity index (χ0) is 14.5. The van der Waals surface area contributed by atoms with E-state index in [2.05, 4.69) is 32.2 Å². The van der Waals surface area contributed by atoms with Crippen molar-refractivity contribution < 1.29 is 5.11 Å². The topological polar surface area (TPSA) is 32.3 Å². The molecule has 0 fully saturated rings. The molecule has 0 saturated carbocycles. The molecule has 0 bridgehead atoms.